The van der Waals surface area contributed by atoms with Gasteiger partial charge in [-0.25, -0.2) is 9.59 Å². The van der Waals surface area contributed by atoms with Crippen molar-refractivity contribution in [2.45, 2.75) is 6.92 Å². The van der Waals surface area contributed by atoms with Crippen LogP contribution in [0.25, 0.3) is 0 Å². The summed E-state index contributed by atoms with van der Waals surface area (Å²) in [6.07, 6.45) is 0. The van der Waals surface area contributed by atoms with Gasteiger partial charge in [0.2, 0.25) is 0 Å². The van der Waals surface area contributed by atoms with E-state index in [0.29, 0.717) is 24.3 Å². The molecule has 90 valence electrons. The molecule has 5 heteroatoms. The number of carbonyl (C=O) groups excluding carboxylic acids is 1. The van der Waals surface area contributed by atoms with Crippen LogP contribution in [0.5, 0.6) is 0 Å². The third-order valence-electron chi connectivity index (χ3n) is 3.04. The Hall–Kier alpha value is -2.04. The highest BCUT2D eigenvalue weighted by atomic mass is 16.4. The van der Waals surface area contributed by atoms with Gasteiger partial charge < -0.3 is 10.0 Å². The van der Waals surface area contributed by atoms with Crippen LogP contribution >= 0.6 is 0 Å². The zero-order valence-electron chi connectivity index (χ0n) is 9.80. The van der Waals surface area contributed by atoms with Gasteiger partial charge in [-0.15, -0.1) is 0 Å². The van der Waals surface area contributed by atoms with Crippen molar-refractivity contribution in [3.8, 4) is 0 Å². The summed E-state index contributed by atoms with van der Waals surface area (Å²) in [5.74, 6) is -0.968. The number of likely N-dealkylation sites (N-methyl/N-ethyl adjacent to an activating group) is 1. The number of rotatable bonds is 2. The van der Waals surface area contributed by atoms with E-state index in [1.807, 2.05) is 0 Å². The minimum absolute atomic E-state index is 0.0874. The molecule has 1 aromatic rings. The molecule has 0 radical (unpaired) electrons. The first kappa shape index (κ1) is 11.4. The Balaban J connectivity index is 2.43. The van der Waals surface area contributed by atoms with Crippen molar-refractivity contribution < 1.29 is 14.7 Å². The number of carbonyl (C=O) groups is 2. The van der Waals surface area contributed by atoms with Crippen LogP contribution in [0.15, 0.2) is 18.2 Å². The van der Waals surface area contributed by atoms with Crippen molar-refractivity contribution in [1.82, 2.24) is 4.90 Å². The number of urea groups is 1. The quantitative estimate of drug-likeness (QED) is 0.844. The van der Waals surface area contributed by atoms with Gasteiger partial charge in [-0.1, -0.05) is 6.07 Å². The second-order valence-corrected chi connectivity index (χ2v) is 4.11. The molecular weight excluding hydrogens is 220 g/mol. The molecule has 1 heterocycles. The highest BCUT2D eigenvalue weighted by Gasteiger charge is 2.28. The Labute approximate surface area is 99.3 Å². The topological polar surface area (TPSA) is 60.9 Å². The highest BCUT2D eigenvalue weighted by molar-refractivity contribution is 5.98. The van der Waals surface area contributed by atoms with Crippen LogP contribution < -0.4 is 4.90 Å². The Morgan fingerprint density at radius 1 is 1.35 bits per heavy atom. The third-order valence-corrected chi connectivity index (χ3v) is 3.04. The molecular formula is C12H14N2O3. The van der Waals surface area contributed by atoms with Crippen molar-refractivity contribution >= 4 is 17.7 Å². The van der Waals surface area contributed by atoms with Crippen LogP contribution in [0.1, 0.15) is 15.9 Å². The standard InChI is InChI=1S/C12H14N2O3/c1-8-9(11(15)16)4-3-5-10(8)14-7-6-13(2)12(14)17/h3-5H,6-7H2,1-2H3,(H,15,16). The van der Waals surface area contributed by atoms with E-state index in [0.717, 1.165) is 0 Å². The highest BCUT2D eigenvalue weighted by Crippen LogP contribution is 2.26. The number of carboxylic acids is 1. The smallest absolute Gasteiger partial charge is 0.336 e. The normalized spacial score (nSPS) is 15.5. The lowest BCUT2D eigenvalue weighted by Crippen LogP contribution is -2.30. The van der Waals surface area contributed by atoms with Crippen LogP contribution in [0, 0.1) is 6.92 Å². The molecule has 1 aromatic carbocycles. The van der Waals surface area contributed by atoms with Gasteiger partial charge in [0.05, 0.1) is 5.56 Å². The molecule has 0 aliphatic carbocycles. The molecule has 0 aromatic heterocycles. The largest absolute Gasteiger partial charge is 0.478 e. The van der Waals surface area contributed by atoms with Gasteiger partial charge in [0, 0.05) is 25.8 Å². The molecule has 0 bridgehead atoms. The lowest BCUT2D eigenvalue weighted by Gasteiger charge is -2.19. The number of anilines is 1. The first-order valence-corrected chi connectivity index (χ1v) is 5.38. The van der Waals surface area contributed by atoms with E-state index >= 15 is 0 Å². The Kier molecular flexibility index (Phi) is 2.75. The number of hydrogen-bond donors (Lipinski definition) is 1. The van der Waals surface area contributed by atoms with Crippen molar-refractivity contribution in [3.63, 3.8) is 0 Å². The fourth-order valence-electron chi connectivity index (χ4n) is 2.02. The lowest BCUT2D eigenvalue weighted by molar-refractivity contribution is 0.0696. The van der Waals surface area contributed by atoms with Gasteiger partial charge in [0.25, 0.3) is 0 Å². The zero-order valence-corrected chi connectivity index (χ0v) is 9.80. The van der Waals surface area contributed by atoms with E-state index in [-0.39, 0.29) is 11.6 Å². The summed E-state index contributed by atoms with van der Waals surface area (Å²) in [5.41, 5.74) is 1.55. The van der Waals surface area contributed by atoms with E-state index in [2.05, 4.69) is 0 Å². The molecule has 0 saturated carbocycles. The van der Waals surface area contributed by atoms with Gasteiger partial charge in [-0.2, -0.15) is 0 Å². The third kappa shape index (κ3) is 1.84. The lowest BCUT2D eigenvalue weighted by atomic mass is 10.1. The zero-order chi connectivity index (χ0) is 12.6. The van der Waals surface area contributed by atoms with E-state index in [1.54, 1.807) is 42.0 Å². The molecule has 2 rings (SSSR count). The first-order valence-electron chi connectivity index (χ1n) is 5.38. The molecule has 1 saturated heterocycles. The Morgan fingerprint density at radius 3 is 2.59 bits per heavy atom. The van der Waals surface area contributed by atoms with Gasteiger partial charge in [-0.3, -0.25) is 4.90 Å². The van der Waals surface area contributed by atoms with E-state index in [9.17, 15) is 9.59 Å². The summed E-state index contributed by atoms with van der Waals surface area (Å²) in [7, 11) is 1.73. The number of benzene rings is 1. The maximum atomic E-state index is 11.8. The molecule has 17 heavy (non-hydrogen) atoms. The summed E-state index contributed by atoms with van der Waals surface area (Å²) in [6, 6.07) is 4.90. The Morgan fingerprint density at radius 2 is 2.06 bits per heavy atom. The first-order chi connectivity index (χ1) is 8.02. The number of aromatic carboxylic acids is 1. The summed E-state index contributed by atoms with van der Waals surface area (Å²) in [5, 5.41) is 9.04. The summed E-state index contributed by atoms with van der Waals surface area (Å²) >= 11 is 0. The maximum Gasteiger partial charge on any atom is 0.336 e. The van der Waals surface area contributed by atoms with Crippen molar-refractivity contribution in [3.05, 3.63) is 29.3 Å². The molecule has 1 N–H and O–H groups in total. The molecule has 1 aliphatic rings. The van der Waals surface area contributed by atoms with Crippen LogP contribution in [0.4, 0.5) is 10.5 Å². The molecule has 1 fully saturated rings. The van der Waals surface area contributed by atoms with Gasteiger partial charge in [0.15, 0.2) is 0 Å². The van der Waals surface area contributed by atoms with Gasteiger partial charge in [-0.05, 0) is 24.6 Å². The fraction of sp³-hybridized carbons (Fsp3) is 0.333. The second-order valence-electron chi connectivity index (χ2n) is 4.11. The fourth-order valence-corrected chi connectivity index (χ4v) is 2.02. The van der Waals surface area contributed by atoms with Crippen molar-refractivity contribution in [1.29, 1.82) is 0 Å². The predicted octanol–water partition coefficient (Wildman–Crippen LogP) is 1.57. The average molecular weight is 234 g/mol. The molecule has 0 spiro atoms. The number of nitrogens with zero attached hydrogens (tertiary/aromatic N) is 2. The average Bonchev–Trinajstić information content (AvgIpc) is 2.60. The molecule has 0 unspecified atom stereocenters. The number of amides is 2. The van der Waals surface area contributed by atoms with E-state index in [4.69, 9.17) is 5.11 Å². The van der Waals surface area contributed by atoms with Crippen LogP contribution in [-0.4, -0.2) is 42.1 Å². The van der Waals surface area contributed by atoms with Crippen LogP contribution in [-0.2, 0) is 0 Å². The van der Waals surface area contributed by atoms with E-state index < -0.39 is 5.97 Å². The minimum Gasteiger partial charge on any atom is -0.478 e. The SMILES string of the molecule is Cc1c(C(=O)O)cccc1N1CCN(C)C1=O. The second kappa shape index (κ2) is 4.08. The number of carboxylic acid groups (broad SMARTS) is 1. The predicted molar refractivity (Wildman–Crippen MR) is 63.5 cm³/mol. The van der Waals surface area contributed by atoms with Crippen molar-refractivity contribution in [2.24, 2.45) is 0 Å². The summed E-state index contributed by atoms with van der Waals surface area (Å²) in [6.45, 7) is 2.99. The van der Waals surface area contributed by atoms with Gasteiger partial charge in [0.1, 0.15) is 0 Å². The number of hydrogen-bond acceptors (Lipinski definition) is 2. The Bertz CT molecular complexity index is 485. The minimum atomic E-state index is -0.968. The monoisotopic (exact) mass is 234 g/mol. The summed E-state index contributed by atoms with van der Waals surface area (Å²) in [4.78, 5) is 26.1. The van der Waals surface area contributed by atoms with Crippen LogP contribution in [0.2, 0.25) is 0 Å². The van der Waals surface area contributed by atoms with Crippen LogP contribution in [0.3, 0.4) is 0 Å². The van der Waals surface area contributed by atoms with Gasteiger partial charge >= 0.3 is 12.0 Å². The molecule has 5 nitrogen and oxygen atoms in total. The maximum absolute atomic E-state index is 11.8. The molecule has 1 aliphatic heterocycles. The molecule has 2 amide bonds. The summed E-state index contributed by atoms with van der Waals surface area (Å²) < 4.78 is 0. The molecule has 0 atom stereocenters. The van der Waals surface area contributed by atoms with E-state index in [1.165, 1.54) is 0 Å². The van der Waals surface area contributed by atoms with Crippen molar-refractivity contribution in [2.75, 3.05) is 25.0 Å².